The summed E-state index contributed by atoms with van der Waals surface area (Å²) < 4.78 is 38.4. The molecule has 0 aliphatic rings. The molecule has 0 bridgehead atoms. The molecule has 0 saturated heterocycles. The van der Waals surface area contributed by atoms with E-state index in [1.807, 2.05) is 6.07 Å². The van der Waals surface area contributed by atoms with Crippen LogP contribution in [0.5, 0.6) is 11.5 Å². The zero-order chi connectivity index (χ0) is 25.0. The second-order valence-corrected chi connectivity index (χ2v) is 10.2. The van der Waals surface area contributed by atoms with E-state index in [1.165, 1.54) is 41.7 Å². The molecule has 4 rings (SSSR count). The molecule has 0 saturated carbocycles. The molecule has 0 aliphatic heterocycles. The van der Waals surface area contributed by atoms with E-state index in [9.17, 15) is 13.2 Å². The van der Waals surface area contributed by atoms with E-state index in [1.54, 1.807) is 49.9 Å². The van der Waals surface area contributed by atoms with E-state index in [2.05, 4.69) is 15.0 Å². The third-order valence-corrected chi connectivity index (χ3v) is 7.32. The fourth-order valence-corrected chi connectivity index (χ4v) is 5.07. The van der Waals surface area contributed by atoms with Gasteiger partial charge in [0.2, 0.25) is 0 Å². The first-order valence-electron chi connectivity index (χ1n) is 10.2. The summed E-state index contributed by atoms with van der Waals surface area (Å²) in [7, 11) is -0.713. The van der Waals surface area contributed by atoms with Gasteiger partial charge in [-0.1, -0.05) is 17.7 Å². The molecule has 0 radical (unpaired) electrons. The molecule has 3 aromatic carbocycles. The highest BCUT2D eigenvalue weighted by molar-refractivity contribution is 7.92. The number of carbonyl (C=O) groups excluding carboxylic acids is 1. The highest BCUT2D eigenvalue weighted by Gasteiger charge is 2.17. The SMILES string of the molecule is COc1ccc(-c2csc(NC(=O)c3cccc(NS(=O)(=O)c4ccc(Cl)cc4)c3)n2)c(OC)c1. The predicted molar refractivity (Wildman–Crippen MR) is 137 cm³/mol. The molecule has 1 heterocycles. The Morgan fingerprint density at radius 1 is 1.00 bits per heavy atom. The van der Waals surface area contributed by atoms with Crippen molar-refractivity contribution in [3.63, 3.8) is 0 Å². The number of benzene rings is 3. The third-order valence-electron chi connectivity index (χ3n) is 4.91. The van der Waals surface area contributed by atoms with Gasteiger partial charge in [-0.3, -0.25) is 14.8 Å². The van der Waals surface area contributed by atoms with Crippen molar-refractivity contribution < 1.29 is 22.7 Å². The summed E-state index contributed by atoms with van der Waals surface area (Å²) in [5.74, 6) is 0.814. The van der Waals surface area contributed by atoms with Crippen molar-refractivity contribution in [2.24, 2.45) is 0 Å². The molecular weight excluding hydrogens is 510 g/mol. The van der Waals surface area contributed by atoms with Gasteiger partial charge < -0.3 is 9.47 Å². The van der Waals surface area contributed by atoms with Gasteiger partial charge >= 0.3 is 0 Å². The fraction of sp³-hybridized carbons (Fsp3) is 0.0833. The molecule has 0 atom stereocenters. The van der Waals surface area contributed by atoms with Crippen LogP contribution in [0.2, 0.25) is 5.02 Å². The Labute approximate surface area is 211 Å². The smallest absolute Gasteiger partial charge is 0.261 e. The Balaban J connectivity index is 1.49. The van der Waals surface area contributed by atoms with E-state index in [0.717, 1.165) is 5.56 Å². The minimum Gasteiger partial charge on any atom is -0.497 e. The van der Waals surface area contributed by atoms with Crippen LogP contribution in [0, 0.1) is 0 Å². The number of sulfonamides is 1. The van der Waals surface area contributed by atoms with E-state index < -0.39 is 15.9 Å². The Bertz CT molecular complexity index is 1470. The molecule has 0 aliphatic carbocycles. The van der Waals surface area contributed by atoms with Gasteiger partial charge in [-0.05, 0) is 54.6 Å². The molecule has 8 nitrogen and oxygen atoms in total. The first-order valence-corrected chi connectivity index (χ1v) is 12.9. The van der Waals surface area contributed by atoms with Crippen LogP contribution in [0.1, 0.15) is 10.4 Å². The number of rotatable bonds is 8. The zero-order valence-electron chi connectivity index (χ0n) is 18.6. The first-order chi connectivity index (χ1) is 16.8. The van der Waals surface area contributed by atoms with Crippen molar-refractivity contribution in [1.82, 2.24) is 4.98 Å². The molecule has 1 amide bonds. The topological polar surface area (TPSA) is 107 Å². The van der Waals surface area contributed by atoms with Crippen molar-refractivity contribution in [1.29, 1.82) is 0 Å². The largest absolute Gasteiger partial charge is 0.497 e. The van der Waals surface area contributed by atoms with Crippen molar-refractivity contribution in [2.75, 3.05) is 24.3 Å². The summed E-state index contributed by atoms with van der Waals surface area (Å²) in [5, 5.41) is 5.36. The molecule has 35 heavy (non-hydrogen) atoms. The van der Waals surface area contributed by atoms with E-state index in [-0.39, 0.29) is 16.1 Å². The van der Waals surface area contributed by atoms with Crippen LogP contribution in [0.15, 0.2) is 77.0 Å². The Morgan fingerprint density at radius 3 is 2.49 bits per heavy atom. The van der Waals surface area contributed by atoms with Crippen LogP contribution in [0.4, 0.5) is 10.8 Å². The number of halogens is 1. The lowest BCUT2D eigenvalue weighted by molar-refractivity contribution is 0.102. The van der Waals surface area contributed by atoms with Crippen LogP contribution < -0.4 is 19.5 Å². The molecule has 11 heteroatoms. The number of aromatic nitrogens is 1. The molecule has 0 fully saturated rings. The molecule has 2 N–H and O–H groups in total. The number of carbonyl (C=O) groups is 1. The number of nitrogens with zero attached hydrogens (tertiary/aromatic N) is 1. The normalized spacial score (nSPS) is 11.1. The second kappa shape index (κ2) is 10.3. The van der Waals surface area contributed by atoms with Gasteiger partial charge in [0.15, 0.2) is 5.13 Å². The quantitative estimate of drug-likeness (QED) is 0.310. The average molecular weight is 530 g/mol. The number of hydrogen-bond donors (Lipinski definition) is 2. The molecule has 1 aromatic heterocycles. The van der Waals surface area contributed by atoms with Crippen LogP contribution >= 0.6 is 22.9 Å². The number of methoxy groups -OCH3 is 2. The van der Waals surface area contributed by atoms with Crippen molar-refractivity contribution in [3.8, 4) is 22.8 Å². The maximum absolute atomic E-state index is 12.8. The van der Waals surface area contributed by atoms with Gasteiger partial charge in [-0.2, -0.15) is 0 Å². The van der Waals surface area contributed by atoms with Crippen molar-refractivity contribution in [2.45, 2.75) is 4.90 Å². The molecule has 0 unspecified atom stereocenters. The summed E-state index contributed by atoms with van der Waals surface area (Å²) in [6, 6.07) is 17.3. The number of thiazole rings is 1. The molecule has 180 valence electrons. The molecule has 0 spiro atoms. The van der Waals surface area contributed by atoms with Gasteiger partial charge in [0, 0.05) is 33.3 Å². The highest BCUT2D eigenvalue weighted by atomic mass is 35.5. The van der Waals surface area contributed by atoms with Crippen LogP contribution in [-0.2, 0) is 10.0 Å². The summed E-state index contributed by atoms with van der Waals surface area (Å²) >= 11 is 7.09. The maximum atomic E-state index is 12.8. The van der Waals surface area contributed by atoms with Gasteiger partial charge in [0.1, 0.15) is 11.5 Å². The summed E-state index contributed by atoms with van der Waals surface area (Å²) in [6.07, 6.45) is 0. The summed E-state index contributed by atoms with van der Waals surface area (Å²) in [6.45, 7) is 0. The maximum Gasteiger partial charge on any atom is 0.261 e. The number of nitrogens with one attached hydrogen (secondary N) is 2. The second-order valence-electron chi connectivity index (χ2n) is 7.20. The minimum atomic E-state index is -3.84. The van der Waals surface area contributed by atoms with Crippen molar-refractivity contribution >= 4 is 49.7 Å². The Hall–Kier alpha value is -3.60. The Morgan fingerprint density at radius 2 is 1.77 bits per heavy atom. The van der Waals surface area contributed by atoms with Crippen LogP contribution in [0.3, 0.4) is 0 Å². The van der Waals surface area contributed by atoms with Gasteiger partial charge in [0.25, 0.3) is 15.9 Å². The summed E-state index contributed by atoms with van der Waals surface area (Å²) in [5.41, 5.74) is 1.90. The molecular formula is C24H20ClN3O5S2. The number of ether oxygens (including phenoxy) is 2. The zero-order valence-corrected chi connectivity index (χ0v) is 21.0. The highest BCUT2D eigenvalue weighted by Crippen LogP contribution is 2.35. The monoisotopic (exact) mass is 529 g/mol. The lowest BCUT2D eigenvalue weighted by Crippen LogP contribution is -2.15. The lowest BCUT2D eigenvalue weighted by Gasteiger charge is -2.10. The predicted octanol–water partition coefficient (Wildman–Crippen LogP) is 5.53. The van der Waals surface area contributed by atoms with E-state index >= 15 is 0 Å². The lowest BCUT2D eigenvalue weighted by atomic mass is 10.1. The summed E-state index contributed by atoms with van der Waals surface area (Å²) in [4.78, 5) is 17.4. The van der Waals surface area contributed by atoms with Crippen LogP contribution in [0.25, 0.3) is 11.3 Å². The fourth-order valence-electron chi connectivity index (χ4n) is 3.19. The van der Waals surface area contributed by atoms with Gasteiger partial charge in [-0.25, -0.2) is 13.4 Å². The third kappa shape index (κ3) is 5.73. The van der Waals surface area contributed by atoms with Crippen LogP contribution in [-0.4, -0.2) is 33.5 Å². The van der Waals surface area contributed by atoms with Gasteiger partial charge in [0.05, 0.1) is 24.8 Å². The standard InChI is InChI=1S/C24H20ClN3O5S2/c1-32-18-8-11-20(22(13-18)33-2)21-14-34-24(26-21)27-23(29)15-4-3-5-17(12-15)28-35(30,31)19-9-6-16(25)7-10-19/h3-14,28H,1-2H3,(H,26,27,29). The number of amides is 1. The van der Waals surface area contributed by atoms with E-state index in [4.69, 9.17) is 21.1 Å². The average Bonchev–Trinajstić information content (AvgIpc) is 3.32. The number of anilines is 2. The first kappa shape index (κ1) is 24.5. The number of hydrogen-bond acceptors (Lipinski definition) is 7. The van der Waals surface area contributed by atoms with Gasteiger partial charge in [-0.15, -0.1) is 11.3 Å². The van der Waals surface area contributed by atoms with E-state index in [0.29, 0.717) is 27.3 Å². The van der Waals surface area contributed by atoms with Crippen molar-refractivity contribution in [3.05, 3.63) is 82.7 Å². The minimum absolute atomic E-state index is 0.0565. The molecule has 4 aromatic rings. The Kier molecular flexibility index (Phi) is 7.25.